The monoisotopic (exact) mass is 309 g/mol. The molecular weight excluding hydrogens is 286 g/mol. The lowest BCUT2D eigenvalue weighted by atomic mass is 9.99. The van der Waals surface area contributed by atoms with Gasteiger partial charge in [-0.1, -0.05) is 11.3 Å². The average Bonchev–Trinajstić information content (AvgIpc) is 3.16. The van der Waals surface area contributed by atoms with Crippen LogP contribution in [0, 0.1) is 0 Å². The predicted molar refractivity (Wildman–Crippen MR) is 85.8 cm³/mol. The predicted octanol–water partition coefficient (Wildman–Crippen LogP) is 1.51. The summed E-state index contributed by atoms with van der Waals surface area (Å²) < 4.78 is 0. The highest BCUT2D eigenvalue weighted by molar-refractivity contribution is 7.18. The van der Waals surface area contributed by atoms with Gasteiger partial charge in [-0.3, -0.25) is 4.79 Å². The fraction of sp³-hybridized carbons (Fsp3) is 0.714. The molecule has 21 heavy (non-hydrogen) atoms. The van der Waals surface area contributed by atoms with Crippen LogP contribution < -0.4 is 16.4 Å². The van der Waals surface area contributed by atoms with Gasteiger partial charge >= 0.3 is 0 Å². The number of carbonyl (C=O) groups is 1. The Kier molecular flexibility index (Phi) is 4.03. The third-order valence-electron chi connectivity index (χ3n) is 4.31. The quantitative estimate of drug-likeness (QED) is 0.785. The molecule has 7 heteroatoms. The van der Waals surface area contributed by atoms with Gasteiger partial charge < -0.3 is 21.3 Å². The number of nitrogens with two attached hydrogens (primary N) is 1. The molecule has 6 nitrogen and oxygen atoms in total. The summed E-state index contributed by atoms with van der Waals surface area (Å²) in [6, 6.07) is 1.24. The number of aromatic nitrogens is 1. The van der Waals surface area contributed by atoms with E-state index in [1.165, 1.54) is 24.2 Å². The SMILES string of the molecule is CC1CC(NC(=O)c2sc(NC3CC3)nc2N)CCN1C. The van der Waals surface area contributed by atoms with Gasteiger partial charge in [-0.25, -0.2) is 4.98 Å². The van der Waals surface area contributed by atoms with Crippen molar-refractivity contribution in [2.45, 2.75) is 50.7 Å². The second kappa shape index (κ2) is 5.81. The molecule has 116 valence electrons. The fourth-order valence-corrected chi connectivity index (χ4v) is 3.49. The highest BCUT2D eigenvalue weighted by Gasteiger charge is 2.27. The number of hydrogen-bond donors (Lipinski definition) is 3. The number of nitrogens with zero attached hydrogens (tertiary/aromatic N) is 2. The summed E-state index contributed by atoms with van der Waals surface area (Å²) in [5.74, 6) is 0.247. The zero-order chi connectivity index (χ0) is 15.0. The van der Waals surface area contributed by atoms with Gasteiger partial charge in [0, 0.05) is 24.7 Å². The molecule has 0 radical (unpaired) electrons. The molecule has 2 fully saturated rings. The highest BCUT2D eigenvalue weighted by atomic mass is 32.1. The topological polar surface area (TPSA) is 83.3 Å². The van der Waals surface area contributed by atoms with E-state index in [2.05, 4.69) is 34.5 Å². The molecule has 1 amide bonds. The van der Waals surface area contributed by atoms with E-state index in [4.69, 9.17) is 5.73 Å². The molecule has 1 aromatic rings. The smallest absolute Gasteiger partial charge is 0.265 e. The first-order valence-corrected chi connectivity index (χ1v) is 8.38. The Hall–Kier alpha value is -1.34. The molecular formula is C14H23N5OS. The van der Waals surface area contributed by atoms with Gasteiger partial charge in [0.2, 0.25) is 0 Å². The number of anilines is 2. The molecule has 0 aromatic carbocycles. The lowest BCUT2D eigenvalue weighted by Crippen LogP contribution is -2.47. The Bertz CT molecular complexity index is 527. The van der Waals surface area contributed by atoms with Crippen molar-refractivity contribution in [2.24, 2.45) is 0 Å². The standard InChI is InChI=1S/C14H23N5OS/c1-8-7-10(5-6-19(8)2)16-13(20)11-12(15)18-14(21-11)17-9-3-4-9/h8-10H,3-7,15H2,1-2H3,(H,16,20)(H,17,18). The Balaban J connectivity index is 1.60. The summed E-state index contributed by atoms with van der Waals surface area (Å²) in [4.78, 5) is 19.5. The zero-order valence-electron chi connectivity index (χ0n) is 12.6. The van der Waals surface area contributed by atoms with Crippen molar-refractivity contribution in [1.29, 1.82) is 0 Å². The van der Waals surface area contributed by atoms with E-state index in [0.29, 0.717) is 22.8 Å². The maximum Gasteiger partial charge on any atom is 0.265 e. The van der Waals surface area contributed by atoms with Crippen molar-refractivity contribution < 1.29 is 4.79 Å². The Labute approximate surface area is 129 Å². The van der Waals surface area contributed by atoms with E-state index >= 15 is 0 Å². The third-order valence-corrected chi connectivity index (χ3v) is 5.31. The molecule has 2 aliphatic rings. The molecule has 3 rings (SSSR count). The number of nitrogens with one attached hydrogen (secondary N) is 2. The van der Waals surface area contributed by atoms with Gasteiger partial charge in [0.15, 0.2) is 5.13 Å². The number of nitrogen functional groups attached to an aromatic ring is 1. The summed E-state index contributed by atoms with van der Waals surface area (Å²) in [5.41, 5.74) is 5.88. The number of carbonyl (C=O) groups excluding carboxylic acids is 1. The first-order valence-electron chi connectivity index (χ1n) is 7.57. The van der Waals surface area contributed by atoms with Crippen LogP contribution in [-0.2, 0) is 0 Å². The van der Waals surface area contributed by atoms with Crippen LogP contribution in [-0.4, -0.2) is 47.5 Å². The Morgan fingerprint density at radius 3 is 2.81 bits per heavy atom. The molecule has 1 aliphatic carbocycles. The van der Waals surface area contributed by atoms with Crippen LogP contribution in [0.4, 0.5) is 10.9 Å². The number of thiazole rings is 1. The average molecular weight is 309 g/mol. The third kappa shape index (κ3) is 3.47. The van der Waals surface area contributed by atoms with Gasteiger partial charge in [-0.05, 0) is 39.7 Å². The van der Waals surface area contributed by atoms with Crippen LogP contribution in [0.5, 0.6) is 0 Å². The summed E-state index contributed by atoms with van der Waals surface area (Å²) in [5, 5.41) is 7.16. The maximum atomic E-state index is 12.4. The highest BCUT2D eigenvalue weighted by Crippen LogP contribution is 2.30. The molecule has 1 aromatic heterocycles. The largest absolute Gasteiger partial charge is 0.382 e. The lowest BCUT2D eigenvalue weighted by molar-refractivity contribution is 0.0901. The summed E-state index contributed by atoms with van der Waals surface area (Å²) in [7, 11) is 2.12. The van der Waals surface area contributed by atoms with Gasteiger partial charge in [-0.15, -0.1) is 0 Å². The van der Waals surface area contributed by atoms with Crippen molar-refractivity contribution >= 4 is 28.2 Å². The molecule has 0 spiro atoms. The van der Waals surface area contributed by atoms with Gasteiger partial charge in [-0.2, -0.15) is 0 Å². The first kappa shape index (κ1) is 14.6. The molecule has 2 heterocycles. The van der Waals surface area contributed by atoms with Crippen LogP contribution in [0.25, 0.3) is 0 Å². The molecule has 1 aliphatic heterocycles. The first-order chi connectivity index (χ1) is 10.0. The second-order valence-corrected chi connectivity index (χ2v) is 7.18. The minimum Gasteiger partial charge on any atom is -0.382 e. The van der Waals surface area contributed by atoms with E-state index in [9.17, 15) is 4.79 Å². The number of piperidine rings is 1. The van der Waals surface area contributed by atoms with Crippen molar-refractivity contribution in [3.05, 3.63) is 4.88 Å². The van der Waals surface area contributed by atoms with Gasteiger partial charge in [0.1, 0.15) is 10.7 Å². The lowest BCUT2D eigenvalue weighted by Gasteiger charge is -2.35. The number of likely N-dealkylation sites (tertiary alicyclic amines) is 1. The molecule has 2 unspecified atom stereocenters. The Morgan fingerprint density at radius 1 is 1.38 bits per heavy atom. The summed E-state index contributed by atoms with van der Waals surface area (Å²) in [6.07, 6.45) is 4.32. The van der Waals surface area contributed by atoms with Crippen molar-refractivity contribution in [3.63, 3.8) is 0 Å². The van der Waals surface area contributed by atoms with Crippen LogP contribution >= 0.6 is 11.3 Å². The Morgan fingerprint density at radius 2 is 2.14 bits per heavy atom. The summed E-state index contributed by atoms with van der Waals surface area (Å²) >= 11 is 1.36. The van der Waals surface area contributed by atoms with E-state index in [1.807, 2.05) is 0 Å². The van der Waals surface area contributed by atoms with Gasteiger partial charge in [0.05, 0.1) is 0 Å². The van der Waals surface area contributed by atoms with Crippen molar-refractivity contribution in [2.75, 3.05) is 24.6 Å². The maximum absolute atomic E-state index is 12.4. The molecule has 1 saturated heterocycles. The van der Waals surface area contributed by atoms with E-state index in [0.717, 1.165) is 24.5 Å². The minimum atomic E-state index is -0.0874. The van der Waals surface area contributed by atoms with Crippen LogP contribution in [0.1, 0.15) is 42.3 Å². The summed E-state index contributed by atoms with van der Waals surface area (Å²) in [6.45, 7) is 3.20. The van der Waals surface area contributed by atoms with E-state index in [1.54, 1.807) is 0 Å². The minimum absolute atomic E-state index is 0.0874. The van der Waals surface area contributed by atoms with Crippen LogP contribution in [0.2, 0.25) is 0 Å². The van der Waals surface area contributed by atoms with Crippen LogP contribution in [0.15, 0.2) is 0 Å². The zero-order valence-corrected chi connectivity index (χ0v) is 13.4. The van der Waals surface area contributed by atoms with E-state index in [-0.39, 0.29) is 11.9 Å². The normalized spacial score (nSPS) is 26.6. The van der Waals surface area contributed by atoms with Gasteiger partial charge in [0.25, 0.3) is 5.91 Å². The van der Waals surface area contributed by atoms with E-state index < -0.39 is 0 Å². The second-order valence-electron chi connectivity index (χ2n) is 6.18. The van der Waals surface area contributed by atoms with Crippen molar-refractivity contribution in [3.8, 4) is 0 Å². The molecule has 2 atom stereocenters. The number of amides is 1. The number of rotatable bonds is 4. The molecule has 0 bridgehead atoms. The molecule has 4 N–H and O–H groups in total. The van der Waals surface area contributed by atoms with Crippen molar-refractivity contribution in [1.82, 2.24) is 15.2 Å². The fourth-order valence-electron chi connectivity index (χ4n) is 2.63. The number of hydrogen-bond acceptors (Lipinski definition) is 6. The van der Waals surface area contributed by atoms with Crippen LogP contribution in [0.3, 0.4) is 0 Å². The molecule has 1 saturated carbocycles.